The van der Waals surface area contributed by atoms with Gasteiger partial charge in [0.1, 0.15) is 18.3 Å². The number of hydrogen-bond acceptors (Lipinski definition) is 6. The van der Waals surface area contributed by atoms with E-state index in [9.17, 15) is 14.4 Å². The van der Waals surface area contributed by atoms with E-state index in [2.05, 4.69) is 10.4 Å². The zero-order valence-corrected chi connectivity index (χ0v) is 15.2. The summed E-state index contributed by atoms with van der Waals surface area (Å²) in [5.74, 6) is -0.620. The molecule has 0 fully saturated rings. The van der Waals surface area contributed by atoms with Gasteiger partial charge in [-0.25, -0.2) is 9.48 Å². The summed E-state index contributed by atoms with van der Waals surface area (Å²) in [6, 6.07) is 14.6. The van der Waals surface area contributed by atoms with Crippen molar-refractivity contribution in [3.05, 3.63) is 76.8 Å². The Morgan fingerprint density at radius 1 is 1.14 bits per heavy atom. The standard InChI is InChI=1S/C20H19N3O5/c1-27-20(26)16(12-14-6-3-2-4-7-14)21-18(24)13-23-19(25)10-9-15(22-23)17-8-5-11-28-17/h2-11,16H,12-13H2,1H3,(H,21,24). The molecule has 3 aromatic rings. The van der Waals surface area contributed by atoms with Gasteiger partial charge in [-0.15, -0.1) is 0 Å². The summed E-state index contributed by atoms with van der Waals surface area (Å²) < 4.78 is 11.1. The maximum Gasteiger partial charge on any atom is 0.328 e. The van der Waals surface area contributed by atoms with Crippen LogP contribution in [0.5, 0.6) is 0 Å². The van der Waals surface area contributed by atoms with Gasteiger partial charge in [-0.2, -0.15) is 5.10 Å². The summed E-state index contributed by atoms with van der Waals surface area (Å²) >= 11 is 0. The van der Waals surface area contributed by atoms with Crippen molar-refractivity contribution in [1.29, 1.82) is 0 Å². The zero-order chi connectivity index (χ0) is 19.9. The van der Waals surface area contributed by atoms with E-state index >= 15 is 0 Å². The van der Waals surface area contributed by atoms with Gasteiger partial charge in [0.2, 0.25) is 5.91 Å². The highest BCUT2D eigenvalue weighted by molar-refractivity contribution is 5.84. The lowest BCUT2D eigenvalue weighted by atomic mass is 10.1. The van der Waals surface area contributed by atoms with Gasteiger partial charge in [0, 0.05) is 12.5 Å². The monoisotopic (exact) mass is 381 g/mol. The topological polar surface area (TPSA) is 103 Å². The average Bonchev–Trinajstić information content (AvgIpc) is 3.24. The Balaban J connectivity index is 1.73. The molecular weight excluding hydrogens is 362 g/mol. The molecule has 0 bridgehead atoms. The summed E-state index contributed by atoms with van der Waals surface area (Å²) in [7, 11) is 1.26. The third-order valence-corrected chi connectivity index (χ3v) is 4.04. The molecule has 2 aromatic heterocycles. The van der Waals surface area contributed by atoms with Crippen molar-refractivity contribution in [2.24, 2.45) is 0 Å². The third-order valence-electron chi connectivity index (χ3n) is 4.04. The molecule has 1 atom stereocenters. The fraction of sp³-hybridized carbons (Fsp3) is 0.200. The average molecular weight is 381 g/mol. The molecule has 8 heteroatoms. The van der Waals surface area contributed by atoms with E-state index < -0.39 is 23.5 Å². The van der Waals surface area contributed by atoms with Gasteiger partial charge >= 0.3 is 5.97 Å². The minimum absolute atomic E-state index is 0.272. The molecule has 1 amide bonds. The highest BCUT2D eigenvalue weighted by Gasteiger charge is 2.22. The lowest BCUT2D eigenvalue weighted by molar-refractivity contribution is -0.145. The van der Waals surface area contributed by atoms with Crippen LogP contribution in [0.2, 0.25) is 0 Å². The second-order valence-electron chi connectivity index (χ2n) is 6.02. The van der Waals surface area contributed by atoms with E-state index in [1.54, 1.807) is 12.1 Å². The molecule has 8 nitrogen and oxygen atoms in total. The minimum Gasteiger partial charge on any atom is -0.467 e. The van der Waals surface area contributed by atoms with Crippen LogP contribution >= 0.6 is 0 Å². The molecule has 0 radical (unpaired) electrons. The largest absolute Gasteiger partial charge is 0.467 e. The van der Waals surface area contributed by atoms with Crippen LogP contribution in [0, 0.1) is 0 Å². The van der Waals surface area contributed by atoms with E-state index in [1.165, 1.54) is 25.5 Å². The van der Waals surface area contributed by atoms with Crippen molar-refractivity contribution in [3.63, 3.8) is 0 Å². The Morgan fingerprint density at radius 2 is 1.93 bits per heavy atom. The number of carbonyl (C=O) groups is 2. The molecule has 1 aromatic carbocycles. The summed E-state index contributed by atoms with van der Waals surface area (Å²) in [6.07, 6.45) is 1.76. The highest BCUT2D eigenvalue weighted by Crippen LogP contribution is 2.15. The van der Waals surface area contributed by atoms with E-state index in [4.69, 9.17) is 9.15 Å². The molecule has 1 N–H and O–H groups in total. The predicted molar refractivity (Wildman–Crippen MR) is 100 cm³/mol. The Hall–Kier alpha value is -3.68. The summed E-state index contributed by atoms with van der Waals surface area (Å²) in [5, 5.41) is 6.75. The summed E-state index contributed by atoms with van der Waals surface area (Å²) in [6.45, 7) is -0.338. The number of nitrogens with zero attached hydrogens (tertiary/aromatic N) is 2. The van der Waals surface area contributed by atoms with Crippen molar-refractivity contribution in [3.8, 4) is 11.5 Å². The normalized spacial score (nSPS) is 11.6. The first-order valence-corrected chi connectivity index (χ1v) is 8.60. The number of aromatic nitrogens is 2. The van der Waals surface area contributed by atoms with Crippen molar-refractivity contribution in [1.82, 2.24) is 15.1 Å². The van der Waals surface area contributed by atoms with Gasteiger partial charge in [0.05, 0.1) is 13.4 Å². The fourth-order valence-electron chi connectivity index (χ4n) is 2.68. The molecule has 0 aliphatic heterocycles. The third kappa shape index (κ3) is 4.73. The first kappa shape index (κ1) is 19.1. The van der Waals surface area contributed by atoms with Crippen molar-refractivity contribution in [2.75, 3.05) is 7.11 Å². The van der Waals surface area contributed by atoms with Crippen LogP contribution in [0.25, 0.3) is 11.5 Å². The van der Waals surface area contributed by atoms with Crippen LogP contribution in [-0.4, -0.2) is 34.8 Å². The Kier molecular flexibility index (Phi) is 6.01. The predicted octanol–water partition coefficient (Wildman–Crippen LogP) is 1.40. The van der Waals surface area contributed by atoms with E-state index in [1.807, 2.05) is 30.3 Å². The molecule has 0 spiro atoms. The number of ether oxygens (including phenoxy) is 1. The van der Waals surface area contributed by atoms with Gasteiger partial charge in [-0.3, -0.25) is 9.59 Å². The van der Waals surface area contributed by atoms with E-state index in [0.29, 0.717) is 11.5 Å². The molecular formula is C20H19N3O5. The number of methoxy groups -OCH3 is 1. The van der Waals surface area contributed by atoms with Crippen LogP contribution in [-0.2, 0) is 27.3 Å². The van der Waals surface area contributed by atoms with Crippen LogP contribution in [0.4, 0.5) is 0 Å². The smallest absolute Gasteiger partial charge is 0.328 e. The summed E-state index contributed by atoms with van der Waals surface area (Å²) in [5.41, 5.74) is 0.850. The van der Waals surface area contributed by atoms with Gasteiger partial charge in [0.15, 0.2) is 5.76 Å². The maximum absolute atomic E-state index is 12.4. The number of esters is 1. The van der Waals surface area contributed by atoms with Gasteiger partial charge in [-0.05, 0) is 23.8 Å². The number of amides is 1. The van der Waals surface area contributed by atoms with E-state index in [-0.39, 0.29) is 13.0 Å². The minimum atomic E-state index is -0.871. The molecule has 0 saturated carbocycles. The number of benzene rings is 1. The molecule has 0 aliphatic carbocycles. The first-order valence-electron chi connectivity index (χ1n) is 8.60. The number of furan rings is 1. The SMILES string of the molecule is COC(=O)C(Cc1ccccc1)NC(=O)Cn1nc(-c2ccco2)ccc1=O. The zero-order valence-electron chi connectivity index (χ0n) is 15.2. The van der Waals surface area contributed by atoms with E-state index in [0.717, 1.165) is 10.2 Å². The number of nitrogens with one attached hydrogen (secondary N) is 1. The Labute approximate surface area is 160 Å². The fourth-order valence-corrected chi connectivity index (χ4v) is 2.68. The number of carbonyl (C=O) groups excluding carboxylic acids is 2. The lowest BCUT2D eigenvalue weighted by Gasteiger charge is -2.17. The first-order chi connectivity index (χ1) is 13.6. The quantitative estimate of drug-likeness (QED) is 0.621. The van der Waals surface area contributed by atoms with Gasteiger partial charge in [0.25, 0.3) is 5.56 Å². The number of hydrogen-bond donors (Lipinski definition) is 1. The Bertz CT molecular complexity index is 996. The van der Waals surface area contributed by atoms with Crippen LogP contribution in [0.3, 0.4) is 0 Å². The van der Waals surface area contributed by atoms with Crippen molar-refractivity contribution < 1.29 is 18.7 Å². The van der Waals surface area contributed by atoms with Gasteiger partial charge in [-0.1, -0.05) is 30.3 Å². The highest BCUT2D eigenvalue weighted by atomic mass is 16.5. The number of rotatable bonds is 7. The van der Waals surface area contributed by atoms with Crippen molar-refractivity contribution >= 4 is 11.9 Å². The molecule has 28 heavy (non-hydrogen) atoms. The summed E-state index contributed by atoms with van der Waals surface area (Å²) in [4.78, 5) is 36.5. The molecule has 144 valence electrons. The maximum atomic E-state index is 12.4. The molecule has 3 rings (SSSR count). The second-order valence-corrected chi connectivity index (χ2v) is 6.02. The molecule has 1 unspecified atom stereocenters. The molecule has 2 heterocycles. The van der Waals surface area contributed by atoms with Crippen molar-refractivity contribution in [2.45, 2.75) is 19.0 Å². The molecule has 0 saturated heterocycles. The second kappa shape index (κ2) is 8.81. The van der Waals surface area contributed by atoms with Crippen LogP contribution in [0.15, 0.2) is 70.1 Å². The lowest BCUT2D eigenvalue weighted by Crippen LogP contribution is -2.45. The molecule has 0 aliphatic rings. The van der Waals surface area contributed by atoms with Crippen LogP contribution in [0.1, 0.15) is 5.56 Å². The van der Waals surface area contributed by atoms with Gasteiger partial charge < -0.3 is 14.5 Å². The van der Waals surface area contributed by atoms with Crippen LogP contribution < -0.4 is 10.9 Å². The Morgan fingerprint density at radius 3 is 2.61 bits per heavy atom.